The van der Waals surface area contributed by atoms with Crippen LogP contribution in [0.2, 0.25) is 0 Å². The normalized spacial score (nSPS) is 7.11. The van der Waals surface area contributed by atoms with E-state index in [0.29, 0.717) is 0 Å². The summed E-state index contributed by atoms with van der Waals surface area (Å²) in [5.41, 5.74) is 0. The first-order valence-electron chi connectivity index (χ1n) is 1.96. The molecule has 0 saturated carbocycles. The zero-order valence-electron chi connectivity index (χ0n) is 4.40. The van der Waals surface area contributed by atoms with Crippen molar-refractivity contribution < 1.29 is 8.42 Å². The summed E-state index contributed by atoms with van der Waals surface area (Å²) >= 11 is 0. The lowest BCUT2D eigenvalue weighted by molar-refractivity contribution is 0.620. The van der Waals surface area contributed by atoms with Crippen LogP contribution in [0.15, 0.2) is 18.7 Å². The minimum atomic E-state index is -2.61. The molecule has 0 aromatic carbocycles. The fraction of sp³-hybridized carbons (Fsp3) is 0. The lowest BCUT2D eigenvalue weighted by atomic mass is 11.0. The fourth-order valence-electron chi connectivity index (χ4n) is 0.215. The van der Waals surface area contributed by atoms with Gasteiger partial charge in [-0.15, -0.1) is 0 Å². The van der Waals surface area contributed by atoms with E-state index in [-0.39, 0.29) is 0 Å². The molecule has 0 atom stereocenters. The Bertz CT molecular complexity index is 199. The van der Waals surface area contributed by atoms with Gasteiger partial charge >= 0.3 is 10.5 Å². The van der Waals surface area contributed by atoms with Crippen LogP contribution in [0.3, 0.4) is 0 Å². The van der Waals surface area contributed by atoms with E-state index >= 15 is 0 Å². The van der Waals surface area contributed by atoms with Gasteiger partial charge in [0.15, 0.2) is 0 Å². The third-order valence-electron chi connectivity index (χ3n) is 0.406. The molecule has 6 heteroatoms. The van der Waals surface area contributed by atoms with Crippen molar-refractivity contribution in [2.75, 3.05) is 0 Å². The molecule has 1 aromatic heterocycles. The van der Waals surface area contributed by atoms with E-state index < -0.39 is 10.5 Å². The maximum absolute atomic E-state index is 8.67. The molecule has 0 saturated heterocycles. The van der Waals surface area contributed by atoms with Gasteiger partial charge in [-0.25, -0.2) is 4.98 Å². The van der Waals surface area contributed by atoms with Gasteiger partial charge in [0.2, 0.25) is 0 Å². The molecule has 2 N–H and O–H groups in total. The standard InChI is InChI=1S/C3H4N2.HNO2S/c1-2-5-3-4-1;1-4(2)3/h1-3H,(H,4,5);1H. The van der Waals surface area contributed by atoms with Gasteiger partial charge in [0, 0.05) is 12.4 Å². The number of H-pyrrole nitrogens is 1. The van der Waals surface area contributed by atoms with Crippen LogP contribution in [0.1, 0.15) is 0 Å². The van der Waals surface area contributed by atoms with Gasteiger partial charge < -0.3 is 4.98 Å². The van der Waals surface area contributed by atoms with Crippen LogP contribution < -0.4 is 0 Å². The van der Waals surface area contributed by atoms with Crippen molar-refractivity contribution in [2.24, 2.45) is 0 Å². The Morgan fingerprint density at radius 1 is 1.56 bits per heavy atom. The van der Waals surface area contributed by atoms with Crippen LogP contribution in [0.4, 0.5) is 0 Å². The first kappa shape index (κ1) is 7.83. The van der Waals surface area contributed by atoms with Crippen LogP contribution in [0.5, 0.6) is 0 Å². The Morgan fingerprint density at radius 3 is 2.22 bits per heavy atom. The molecule has 1 aromatic rings. The number of hydrogen-bond donors (Lipinski definition) is 2. The number of nitrogens with zero attached hydrogens (tertiary/aromatic N) is 1. The zero-order chi connectivity index (χ0) is 7.11. The van der Waals surface area contributed by atoms with Gasteiger partial charge in [0.1, 0.15) is 0 Å². The quantitative estimate of drug-likeness (QED) is 0.543. The van der Waals surface area contributed by atoms with Gasteiger partial charge in [-0.1, -0.05) is 0 Å². The maximum atomic E-state index is 8.67. The molecule has 0 aliphatic carbocycles. The molecule has 0 unspecified atom stereocenters. The predicted octanol–water partition coefficient (Wildman–Crippen LogP) is 0.0376. The Labute approximate surface area is 53.2 Å². The molecule has 50 valence electrons. The molecule has 0 radical (unpaired) electrons. The lowest BCUT2D eigenvalue weighted by Gasteiger charge is -1.46. The molecule has 0 spiro atoms. The highest BCUT2D eigenvalue weighted by Gasteiger charge is 1.56. The lowest BCUT2D eigenvalue weighted by Crippen LogP contribution is -1.44. The summed E-state index contributed by atoms with van der Waals surface area (Å²) < 4.78 is 22.8. The highest BCUT2D eigenvalue weighted by Crippen LogP contribution is 1.62. The summed E-state index contributed by atoms with van der Waals surface area (Å²) in [7, 11) is -2.61. The average molecular weight is 147 g/mol. The molecular weight excluding hydrogens is 142 g/mol. The minimum Gasteiger partial charge on any atom is -0.351 e. The maximum Gasteiger partial charge on any atom is 0.308 e. The fourth-order valence-corrected chi connectivity index (χ4v) is 0.215. The SMILES string of the molecule is N=S(=O)=O.c1c[nH]cn1. The summed E-state index contributed by atoms with van der Waals surface area (Å²) in [6, 6.07) is 0. The van der Waals surface area contributed by atoms with Crippen LogP contribution >= 0.6 is 0 Å². The highest BCUT2D eigenvalue weighted by atomic mass is 32.2. The second kappa shape index (κ2) is 4.98. The molecule has 1 heterocycles. The molecule has 0 fully saturated rings. The molecule has 0 aliphatic heterocycles. The summed E-state index contributed by atoms with van der Waals surface area (Å²) in [6.45, 7) is 0. The molecule has 0 aliphatic rings. The van der Waals surface area contributed by atoms with E-state index in [4.69, 9.17) is 13.2 Å². The Balaban J connectivity index is 0.000000148. The molecule has 0 amide bonds. The molecule has 5 nitrogen and oxygen atoms in total. The predicted molar refractivity (Wildman–Crippen MR) is 30.2 cm³/mol. The Morgan fingerprint density at radius 2 is 2.11 bits per heavy atom. The topological polar surface area (TPSA) is 86.7 Å². The van der Waals surface area contributed by atoms with Crippen LogP contribution in [-0.2, 0) is 10.5 Å². The van der Waals surface area contributed by atoms with Crippen molar-refractivity contribution in [1.82, 2.24) is 9.97 Å². The number of nitrogens with one attached hydrogen (secondary N) is 2. The summed E-state index contributed by atoms with van der Waals surface area (Å²) in [6.07, 6.45) is 5.08. The van der Waals surface area contributed by atoms with Crippen LogP contribution in [0.25, 0.3) is 0 Å². The average Bonchev–Trinajstić information content (AvgIpc) is 2.11. The van der Waals surface area contributed by atoms with Gasteiger partial charge in [-0.05, 0) is 0 Å². The minimum absolute atomic E-state index is 1.62. The van der Waals surface area contributed by atoms with Crippen LogP contribution in [0, 0.1) is 4.78 Å². The van der Waals surface area contributed by atoms with E-state index in [2.05, 4.69) is 9.97 Å². The van der Waals surface area contributed by atoms with Gasteiger partial charge in [0.05, 0.1) is 6.33 Å². The first-order valence-corrected chi connectivity index (χ1v) is 3.04. The second-order valence-electron chi connectivity index (χ2n) is 0.995. The summed E-state index contributed by atoms with van der Waals surface area (Å²) in [5.74, 6) is 0. The number of aromatic nitrogens is 2. The molecule has 0 bridgehead atoms. The van der Waals surface area contributed by atoms with Crippen LogP contribution in [-0.4, -0.2) is 18.4 Å². The van der Waals surface area contributed by atoms with Crippen molar-refractivity contribution >= 4 is 10.5 Å². The molecular formula is C3H5N3O2S. The number of imidazole rings is 1. The van der Waals surface area contributed by atoms with Crippen molar-refractivity contribution in [2.45, 2.75) is 0 Å². The third kappa shape index (κ3) is 10.9. The first-order chi connectivity index (χ1) is 4.23. The van der Waals surface area contributed by atoms with Gasteiger partial charge in [-0.2, -0.15) is 13.2 Å². The van der Waals surface area contributed by atoms with Gasteiger partial charge in [0.25, 0.3) is 0 Å². The van der Waals surface area contributed by atoms with E-state index in [9.17, 15) is 0 Å². The third-order valence-corrected chi connectivity index (χ3v) is 0.406. The molecule has 1 rings (SSSR count). The molecule has 9 heavy (non-hydrogen) atoms. The van der Waals surface area contributed by atoms with E-state index in [1.165, 1.54) is 0 Å². The number of aromatic amines is 1. The zero-order valence-corrected chi connectivity index (χ0v) is 5.22. The Hall–Kier alpha value is -1.17. The number of rotatable bonds is 0. The van der Waals surface area contributed by atoms with E-state index in [1.807, 2.05) is 0 Å². The van der Waals surface area contributed by atoms with Crippen molar-refractivity contribution in [3.63, 3.8) is 0 Å². The largest absolute Gasteiger partial charge is 0.351 e. The van der Waals surface area contributed by atoms with Gasteiger partial charge in [-0.3, -0.25) is 0 Å². The summed E-state index contributed by atoms with van der Waals surface area (Å²) in [4.78, 5) is 6.42. The smallest absolute Gasteiger partial charge is 0.308 e. The summed E-state index contributed by atoms with van der Waals surface area (Å²) in [5, 5.41) is 0. The van der Waals surface area contributed by atoms with Crippen molar-refractivity contribution in [3.8, 4) is 0 Å². The highest BCUT2D eigenvalue weighted by molar-refractivity contribution is 7.60. The number of hydrogen-bond acceptors (Lipinski definition) is 4. The van der Waals surface area contributed by atoms with Crippen molar-refractivity contribution in [1.29, 1.82) is 4.78 Å². The second-order valence-corrected chi connectivity index (χ2v) is 1.46. The van der Waals surface area contributed by atoms with E-state index in [1.54, 1.807) is 18.7 Å². The monoisotopic (exact) mass is 147 g/mol. The Kier molecular flexibility index (Phi) is 4.33. The van der Waals surface area contributed by atoms with E-state index in [0.717, 1.165) is 0 Å². The van der Waals surface area contributed by atoms with Crippen molar-refractivity contribution in [3.05, 3.63) is 18.7 Å².